The van der Waals surface area contributed by atoms with Gasteiger partial charge in [-0.3, -0.25) is 4.99 Å². The minimum absolute atomic E-state index is 0.384. The zero-order valence-electron chi connectivity index (χ0n) is 15.0. The van der Waals surface area contributed by atoms with Crippen LogP contribution in [-0.2, 0) is 6.42 Å². The van der Waals surface area contributed by atoms with E-state index in [1.165, 1.54) is 5.56 Å². The number of hydrogen-bond donors (Lipinski definition) is 2. The summed E-state index contributed by atoms with van der Waals surface area (Å²) < 4.78 is 10.5. The Morgan fingerprint density at radius 3 is 2.52 bits per heavy atom. The van der Waals surface area contributed by atoms with Gasteiger partial charge >= 0.3 is 0 Å². The summed E-state index contributed by atoms with van der Waals surface area (Å²) in [5.41, 5.74) is 8.10. The number of aryl methyl sites for hydroxylation is 1. The summed E-state index contributed by atoms with van der Waals surface area (Å²) in [4.78, 5) is 4.38. The number of nitrogens with zero attached hydrogens (tertiary/aromatic N) is 1. The second kappa shape index (κ2) is 10.2. The highest BCUT2D eigenvalue weighted by atomic mass is 16.5. The lowest BCUT2D eigenvalue weighted by Gasteiger charge is -2.12. The maximum Gasteiger partial charge on any atom is 0.193 e. The number of nitrogens with one attached hydrogen (secondary N) is 1. The van der Waals surface area contributed by atoms with Gasteiger partial charge in [0.15, 0.2) is 5.96 Å². The molecule has 2 rings (SSSR count). The molecule has 2 aromatic rings. The van der Waals surface area contributed by atoms with Gasteiger partial charge in [-0.15, -0.1) is 0 Å². The highest BCUT2D eigenvalue weighted by molar-refractivity contribution is 5.93. The third-order valence-corrected chi connectivity index (χ3v) is 3.92. The SMILES string of the molecule is COc1ccc(OC)c(NC(N)=NCCCCCc2ccccc2)c1. The summed E-state index contributed by atoms with van der Waals surface area (Å²) in [5, 5.41) is 3.08. The van der Waals surface area contributed by atoms with E-state index < -0.39 is 0 Å². The summed E-state index contributed by atoms with van der Waals surface area (Å²) in [5.74, 6) is 1.81. The van der Waals surface area contributed by atoms with Crippen LogP contribution in [0, 0.1) is 0 Å². The number of guanidine groups is 1. The van der Waals surface area contributed by atoms with Crippen LogP contribution in [-0.4, -0.2) is 26.7 Å². The summed E-state index contributed by atoms with van der Waals surface area (Å²) in [6, 6.07) is 16.1. The molecule has 0 spiro atoms. The molecule has 5 heteroatoms. The molecule has 0 aliphatic heterocycles. The van der Waals surface area contributed by atoms with Crippen molar-refractivity contribution >= 4 is 11.6 Å². The predicted molar refractivity (Wildman–Crippen MR) is 104 cm³/mol. The number of anilines is 1. The lowest BCUT2D eigenvalue weighted by molar-refractivity contribution is 0.405. The molecule has 0 heterocycles. The zero-order chi connectivity index (χ0) is 17.9. The molecule has 0 aliphatic carbocycles. The lowest BCUT2D eigenvalue weighted by Crippen LogP contribution is -2.23. The van der Waals surface area contributed by atoms with Crippen molar-refractivity contribution in [3.8, 4) is 11.5 Å². The third kappa shape index (κ3) is 6.37. The number of unbranched alkanes of at least 4 members (excludes halogenated alkanes) is 2. The smallest absolute Gasteiger partial charge is 0.193 e. The summed E-state index contributed by atoms with van der Waals surface area (Å²) in [6.07, 6.45) is 4.43. The van der Waals surface area contributed by atoms with Crippen LogP contribution in [0.2, 0.25) is 0 Å². The molecule has 0 amide bonds. The molecule has 0 radical (unpaired) electrons. The van der Waals surface area contributed by atoms with Crippen LogP contribution in [0.15, 0.2) is 53.5 Å². The van der Waals surface area contributed by atoms with E-state index in [4.69, 9.17) is 15.2 Å². The molecule has 0 saturated heterocycles. The molecule has 5 nitrogen and oxygen atoms in total. The molecule has 0 fully saturated rings. The summed E-state index contributed by atoms with van der Waals surface area (Å²) in [7, 11) is 3.24. The molecule has 0 unspecified atom stereocenters. The van der Waals surface area contributed by atoms with E-state index in [0.717, 1.165) is 37.1 Å². The average molecular weight is 341 g/mol. The van der Waals surface area contributed by atoms with Crippen LogP contribution in [0.4, 0.5) is 5.69 Å². The Balaban J connectivity index is 1.74. The zero-order valence-corrected chi connectivity index (χ0v) is 15.0. The minimum atomic E-state index is 0.384. The fraction of sp³-hybridized carbons (Fsp3) is 0.350. The van der Waals surface area contributed by atoms with Crippen LogP contribution in [0.5, 0.6) is 11.5 Å². The average Bonchev–Trinajstić information content (AvgIpc) is 2.65. The maximum absolute atomic E-state index is 5.97. The molecular formula is C20H27N3O2. The van der Waals surface area contributed by atoms with Crippen LogP contribution < -0.4 is 20.5 Å². The van der Waals surface area contributed by atoms with Crippen molar-refractivity contribution in [2.45, 2.75) is 25.7 Å². The first-order chi connectivity index (χ1) is 12.2. The van der Waals surface area contributed by atoms with Gasteiger partial charge in [-0.2, -0.15) is 0 Å². The fourth-order valence-corrected chi connectivity index (χ4v) is 2.55. The van der Waals surface area contributed by atoms with E-state index in [1.807, 2.05) is 24.3 Å². The Morgan fingerprint density at radius 1 is 1.00 bits per heavy atom. The van der Waals surface area contributed by atoms with Crippen molar-refractivity contribution in [1.82, 2.24) is 0 Å². The molecule has 0 atom stereocenters. The summed E-state index contributed by atoms with van der Waals surface area (Å²) >= 11 is 0. The van der Waals surface area contributed by atoms with E-state index in [0.29, 0.717) is 18.3 Å². The van der Waals surface area contributed by atoms with Gasteiger partial charge in [-0.25, -0.2) is 0 Å². The molecule has 0 aliphatic rings. The third-order valence-electron chi connectivity index (χ3n) is 3.92. The maximum atomic E-state index is 5.97. The summed E-state index contributed by atoms with van der Waals surface area (Å²) in [6.45, 7) is 0.708. The largest absolute Gasteiger partial charge is 0.497 e. The molecule has 0 aromatic heterocycles. The van der Waals surface area contributed by atoms with Crippen molar-refractivity contribution in [2.24, 2.45) is 10.7 Å². The lowest BCUT2D eigenvalue weighted by atomic mass is 10.1. The Kier molecular flexibility index (Phi) is 7.63. The Morgan fingerprint density at radius 2 is 1.80 bits per heavy atom. The number of aliphatic imine (C=N–C) groups is 1. The van der Waals surface area contributed by atoms with Gasteiger partial charge in [0.2, 0.25) is 0 Å². The van der Waals surface area contributed by atoms with Gasteiger partial charge in [0, 0.05) is 12.6 Å². The molecule has 2 aromatic carbocycles. The number of ether oxygens (including phenoxy) is 2. The Bertz CT molecular complexity index is 672. The van der Waals surface area contributed by atoms with Crippen molar-refractivity contribution < 1.29 is 9.47 Å². The fourth-order valence-electron chi connectivity index (χ4n) is 2.55. The van der Waals surface area contributed by atoms with Crippen molar-refractivity contribution in [3.63, 3.8) is 0 Å². The first-order valence-corrected chi connectivity index (χ1v) is 8.56. The van der Waals surface area contributed by atoms with Crippen molar-refractivity contribution in [2.75, 3.05) is 26.1 Å². The second-order valence-electron chi connectivity index (χ2n) is 5.75. The van der Waals surface area contributed by atoms with E-state index in [1.54, 1.807) is 14.2 Å². The highest BCUT2D eigenvalue weighted by Gasteiger charge is 2.05. The van der Waals surface area contributed by atoms with Crippen LogP contribution in [0.3, 0.4) is 0 Å². The van der Waals surface area contributed by atoms with Gasteiger partial charge in [0.05, 0.1) is 19.9 Å². The molecule has 3 N–H and O–H groups in total. The van der Waals surface area contributed by atoms with Gasteiger partial charge in [0.1, 0.15) is 11.5 Å². The topological polar surface area (TPSA) is 68.9 Å². The van der Waals surface area contributed by atoms with Gasteiger partial charge < -0.3 is 20.5 Å². The molecule has 0 saturated carbocycles. The van der Waals surface area contributed by atoms with E-state index in [-0.39, 0.29) is 0 Å². The monoisotopic (exact) mass is 341 g/mol. The van der Waals surface area contributed by atoms with Crippen molar-refractivity contribution in [1.29, 1.82) is 0 Å². The number of nitrogens with two attached hydrogens (primary N) is 1. The molecule has 134 valence electrons. The van der Waals surface area contributed by atoms with Crippen LogP contribution in [0.1, 0.15) is 24.8 Å². The second-order valence-corrected chi connectivity index (χ2v) is 5.75. The number of benzene rings is 2. The standard InChI is InChI=1S/C20H27N3O2/c1-24-17-12-13-19(25-2)18(15-17)23-20(21)22-14-8-4-7-11-16-9-5-3-6-10-16/h3,5-6,9-10,12-13,15H,4,7-8,11,14H2,1-2H3,(H3,21,22,23). The first kappa shape index (κ1) is 18.6. The minimum Gasteiger partial charge on any atom is -0.497 e. The molecular weight excluding hydrogens is 314 g/mol. The Hall–Kier alpha value is -2.69. The predicted octanol–water partition coefficient (Wildman–Crippen LogP) is 3.84. The first-order valence-electron chi connectivity index (χ1n) is 8.56. The highest BCUT2D eigenvalue weighted by Crippen LogP contribution is 2.28. The van der Waals surface area contributed by atoms with Crippen LogP contribution in [0.25, 0.3) is 0 Å². The van der Waals surface area contributed by atoms with E-state index in [9.17, 15) is 0 Å². The van der Waals surface area contributed by atoms with E-state index in [2.05, 4.69) is 34.6 Å². The number of hydrogen-bond acceptors (Lipinski definition) is 3. The molecule has 25 heavy (non-hydrogen) atoms. The number of rotatable bonds is 9. The van der Waals surface area contributed by atoms with Gasteiger partial charge in [0.25, 0.3) is 0 Å². The number of methoxy groups -OCH3 is 2. The Labute approximate surface area is 149 Å². The quantitative estimate of drug-likeness (QED) is 0.413. The van der Waals surface area contributed by atoms with Gasteiger partial charge in [-0.1, -0.05) is 36.8 Å². The van der Waals surface area contributed by atoms with E-state index >= 15 is 0 Å². The van der Waals surface area contributed by atoms with Gasteiger partial charge in [-0.05, 0) is 37.0 Å². The van der Waals surface area contributed by atoms with Crippen molar-refractivity contribution in [3.05, 3.63) is 54.1 Å². The normalized spacial score (nSPS) is 11.2. The molecule has 0 bridgehead atoms. The van der Waals surface area contributed by atoms with Crippen LogP contribution >= 0.6 is 0 Å².